The van der Waals surface area contributed by atoms with Crippen molar-refractivity contribution in [3.05, 3.63) is 24.3 Å². The number of aliphatic hydroxyl groups excluding tert-OH is 2. The molecule has 0 radical (unpaired) electrons. The van der Waals surface area contributed by atoms with Gasteiger partial charge in [-0.3, -0.25) is 0 Å². The van der Waals surface area contributed by atoms with Gasteiger partial charge in [0.05, 0.1) is 25.4 Å². The largest absolute Gasteiger partial charge is 0.411 e. The summed E-state index contributed by atoms with van der Waals surface area (Å²) in [5.74, 6) is 0. The third kappa shape index (κ3) is 10.4. The molecular formula is C24H50O4Si2. The van der Waals surface area contributed by atoms with E-state index in [1.807, 2.05) is 12.2 Å². The van der Waals surface area contributed by atoms with Crippen LogP contribution < -0.4 is 0 Å². The summed E-state index contributed by atoms with van der Waals surface area (Å²) >= 11 is 0. The number of aliphatic hydroxyl groups is 2. The second kappa shape index (κ2) is 12.7. The quantitative estimate of drug-likeness (QED) is 0.247. The molecule has 0 saturated heterocycles. The van der Waals surface area contributed by atoms with Gasteiger partial charge in [-0.2, -0.15) is 0 Å². The zero-order chi connectivity index (χ0) is 23.6. The van der Waals surface area contributed by atoms with E-state index in [1.165, 1.54) is 0 Å². The Bertz CT molecular complexity index is 480. The van der Waals surface area contributed by atoms with Crippen LogP contribution in [0.15, 0.2) is 24.3 Å². The summed E-state index contributed by atoms with van der Waals surface area (Å²) in [4.78, 5) is 0. The minimum absolute atomic E-state index is 0.0193. The summed E-state index contributed by atoms with van der Waals surface area (Å²) < 4.78 is 13.9. The fourth-order valence-corrected chi connectivity index (χ4v) is 5.42. The first-order chi connectivity index (χ1) is 13.6. The predicted molar refractivity (Wildman–Crippen MR) is 135 cm³/mol. The Balaban J connectivity index is 5.82. The molecule has 0 bridgehead atoms. The van der Waals surface area contributed by atoms with E-state index in [1.54, 1.807) is 12.2 Å². The second-order valence-corrected chi connectivity index (χ2v) is 20.8. The molecule has 0 amide bonds. The van der Waals surface area contributed by atoms with Crippen molar-refractivity contribution in [1.29, 1.82) is 0 Å². The molecule has 0 fully saturated rings. The average Bonchev–Trinajstić information content (AvgIpc) is 2.58. The lowest BCUT2D eigenvalue weighted by molar-refractivity contribution is 0.0264. The van der Waals surface area contributed by atoms with Gasteiger partial charge in [-0.1, -0.05) is 65.8 Å². The standard InChI is InChI=1S/C24H50O4Si2/c1-23(2,3)29(7,8)27-21(17-13-11-15-19-25)22(18-14-12-16-20-26)28-30(9,10)24(4,5)6/h11-12,15-16,21-22,25-26H,13-14,17-20H2,1-10H3/b15-11-,16-12-/t21-,22-/m1/s1. The number of hydrogen-bond acceptors (Lipinski definition) is 4. The Labute approximate surface area is 189 Å². The van der Waals surface area contributed by atoms with Gasteiger partial charge in [-0.05, 0) is 61.9 Å². The fraction of sp³-hybridized carbons (Fsp3) is 0.833. The topological polar surface area (TPSA) is 58.9 Å². The molecule has 4 nitrogen and oxygen atoms in total. The van der Waals surface area contributed by atoms with E-state index in [2.05, 4.69) is 67.7 Å². The number of rotatable bonds is 13. The third-order valence-corrected chi connectivity index (χ3v) is 15.7. The summed E-state index contributed by atoms with van der Waals surface area (Å²) in [6.45, 7) is 23.0. The zero-order valence-electron chi connectivity index (χ0n) is 21.4. The van der Waals surface area contributed by atoms with Crippen LogP contribution in [0.2, 0.25) is 36.3 Å². The molecule has 0 aliphatic carbocycles. The first-order valence-electron chi connectivity index (χ1n) is 11.5. The lowest BCUT2D eigenvalue weighted by Gasteiger charge is -2.45. The Morgan fingerprint density at radius 2 is 0.933 bits per heavy atom. The third-order valence-electron chi connectivity index (χ3n) is 6.70. The first-order valence-corrected chi connectivity index (χ1v) is 17.3. The van der Waals surface area contributed by atoms with E-state index in [0.717, 1.165) is 25.7 Å². The minimum atomic E-state index is -1.97. The summed E-state index contributed by atoms with van der Waals surface area (Å²) in [7, 11) is -3.94. The van der Waals surface area contributed by atoms with Gasteiger partial charge in [0.25, 0.3) is 0 Å². The summed E-state index contributed by atoms with van der Waals surface area (Å²) in [6, 6.07) is 0. The van der Waals surface area contributed by atoms with Gasteiger partial charge in [0.15, 0.2) is 16.6 Å². The Hall–Kier alpha value is -0.246. The van der Waals surface area contributed by atoms with Crippen molar-refractivity contribution < 1.29 is 19.1 Å². The van der Waals surface area contributed by atoms with Crippen LogP contribution >= 0.6 is 0 Å². The van der Waals surface area contributed by atoms with Crippen LogP contribution in [-0.4, -0.2) is 52.3 Å². The van der Waals surface area contributed by atoms with Crippen molar-refractivity contribution in [3.63, 3.8) is 0 Å². The van der Waals surface area contributed by atoms with Crippen LogP contribution in [0.4, 0.5) is 0 Å². The van der Waals surface area contributed by atoms with Crippen LogP contribution in [-0.2, 0) is 8.85 Å². The summed E-state index contributed by atoms with van der Waals surface area (Å²) in [5, 5.41) is 18.4. The summed E-state index contributed by atoms with van der Waals surface area (Å²) in [5.41, 5.74) is 0. The van der Waals surface area contributed by atoms with Crippen molar-refractivity contribution in [1.82, 2.24) is 0 Å². The predicted octanol–water partition coefficient (Wildman–Crippen LogP) is 6.42. The molecule has 2 N–H and O–H groups in total. The van der Waals surface area contributed by atoms with E-state index in [0.29, 0.717) is 0 Å². The van der Waals surface area contributed by atoms with Gasteiger partial charge >= 0.3 is 0 Å². The van der Waals surface area contributed by atoms with Crippen LogP contribution in [0.5, 0.6) is 0 Å². The Morgan fingerprint density at radius 3 is 1.17 bits per heavy atom. The van der Waals surface area contributed by atoms with Crippen LogP contribution in [0.1, 0.15) is 67.2 Å². The number of allylic oxidation sites excluding steroid dienone is 2. The van der Waals surface area contributed by atoms with Crippen molar-refractivity contribution in [3.8, 4) is 0 Å². The highest BCUT2D eigenvalue weighted by Crippen LogP contribution is 2.41. The van der Waals surface area contributed by atoms with E-state index in [-0.39, 0.29) is 35.5 Å². The molecule has 0 aliphatic rings. The Morgan fingerprint density at radius 1 is 0.633 bits per heavy atom. The molecule has 2 atom stereocenters. The highest BCUT2D eigenvalue weighted by Gasteiger charge is 2.44. The zero-order valence-corrected chi connectivity index (χ0v) is 23.4. The highest BCUT2D eigenvalue weighted by atomic mass is 28.4. The molecular weight excluding hydrogens is 408 g/mol. The van der Waals surface area contributed by atoms with Crippen molar-refractivity contribution in [2.24, 2.45) is 0 Å². The molecule has 0 aliphatic heterocycles. The average molecular weight is 459 g/mol. The van der Waals surface area contributed by atoms with Gasteiger partial charge in [0, 0.05) is 0 Å². The van der Waals surface area contributed by atoms with Crippen LogP contribution in [0.25, 0.3) is 0 Å². The van der Waals surface area contributed by atoms with Gasteiger partial charge in [-0.15, -0.1) is 0 Å². The molecule has 0 spiro atoms. The van der Waals surface area contributed by atoms with Gasteiger partial charge in [-0.25, -0.2) is 0 Å². The van der Waals surface area contributed by atoms with Crippen LogP contribution in [0.3, 0.4) is 0 Å². The maximum absolute atomic E-state index is 9.08. The molecule has 30 heavy (non-hydrogen) atoms. The van der Waals surface area contributed by atoms with Gasteiger partial charge in [0.1, 0.15) is 0 Å². The minimum Gasteiger partial charge on any atom is -0.411 e. The van der Waals surface area contributed by atoms with Gasteiger partial charge in [0.2, 0.25) is 0 Å². The molecule has 6 heteroatoms. The van der Waals surface area contributed by atoms with Crippen LogP contribution in [0, 0.1) is 0 Å². The van der Waals surface area contributed by atoms with Crippen molar-refractivity contribution in [2.75, 3.05) is 13.2 Å². The fourth-order valence-electron chi connectivity index (χ4n) is 2.66. The van der Waals surface area contributed by atoms with E-state index >= 15 is 0 Å². The molecule has 0 unspecified atom stereocenters. The van der Waals surface area contributed by atoms with E-state index < -0.39 is 16.6 Å². The lowest BCUT2D eigenvalue weighted by atomic mass is 10.0. The molecule has 0 rings (SSSR count). The molecule has 0 aromatic rings. The normalized spacial score (nSPS) is 16.5. The van der Waals surface area contributed by atoms with Gasteiger partial charge < -0.3 is 19.1 Å². The highest BCUT2D eigenvalue weighted by molar-refractivity contribution is 6.74. The van der Waals surface area contributed by atoms with E-state index in [4.69, 9.17) is 19.1 Å². The molecule has 0 aromatic carbocycles. The smallest absolute Gasteiger partial charge is 0.192 e. The molecule has 0 aromatic heterocycles. The second-order valence-electron chi connectivity index (χ2n) is 11.3. The Kier molecular flexibility index (Phi) is 12.6. The van der Waals surface area contributed by atoms with E-state index in [9.17, 15) is 0 Å². The number of hydrogen-bond donors (Lipinski definition) is 2. The van der Waals surface area contributed by atoms with Crippen molar-refractivity contribution >= 4 is 16.6 Å². The molecule has 0 heterocycles. The molecule has 178 valence electrons. The lowest BCUT2D eigenvalue weighted by Crippen LogP contribution is -2.51. The van der Waals surface area contributed by atoms with Crippen molar-refractivity contribution in [2.45, 2.75) is 116 Å². The monoisotopic (exact) mass is 458 g/mol. The maximum atomic E-state index is 9.08. The summed E-state index contributed by atoms with van der Waals surface area (Å²) in [6.07, 6.45) is 11.2. The maximum Gasteiger partial charge on any atom is 0.192 e. The first kappa shape index (κ1) is 29.8. The molecule has 0 saturated carbocycles. The SMILES string of the molecule is CC(C)(C)[Si](C)(C)O[C@H](CC/C=C\CO)[C@@H](CC/C=C\CO)O[Si](C)(C)C(C)(C)C.